The highest BCUT2D eigenvalue weighted by Gasteiger charge is 2.69. The van der Waals surface area contributed by atoms with Gasteiger partial charge in [-0.25, -0.2) is 4.39 Å². The van der Waals surface area contributed by atoms with Crippen LogP contribution in [0.2, 0.25) is 0 Å². The highest BCUT2D eigenvalue weighted by atomic mass is 19.2. The molecule has 4 aliphatic carbocycles. The molecule has 0 unspecified atom stereocenters. The molecule has 3 N–H and O–H groups in total. The summed E-state index contributed by atoms with van der Waals surface area (Å²) in [5.74, 6) is -7.63. The predicted molar refractivity (Wildman–Crippen MR) is 115 cm³/mol. The highest BCUT2D eigenvalue weighted by Crippen LogP contribution is 2.69. The molecule has 7 atom stereocenters. The van der Waals surface area contributed by atoms with Crippen molar-refractivity contribution in [3.05, 3.63) is 23.0 Å². The molecule has 0 heterocycles. The number of fused-ring (bicyclic) bond motifs is 5. The van der Waals surface area contributed by atoms with E-state index in [1.807, 2.05) is 0 Å². The SMILES string of the molecule is CCCC(=O)OC1=C2CC[C@@H]3[C@H]([C@@H](O)C[C@@]4(C)[C@H]3CC[C@]4(O)C(=O)CO)[C@@]2(C)C(F)=C(F)C1=O. The second-order valence-corrected chi connectivity index (χ2v) is 10.7. The fraction of sp³-hybridized carbons (Fsp3) is 0.720. The quantitative estimate of drug-likeness (QED) is 0.515. The summed E-state index contributed by atoms with van der Waals surface area (Å²) in [4.78, 5) is 37.2. The van der Waals surface area contributed by atoms with Gasteiger partial charge in [0.2, 0.25) is 5.83 Å². The van der Waals surface area contributed by atoms with Gasteiger partial charge in [-0.3, -0.25) is 14.4 Å². The molecule has 0 bridgehead atoms. The highest BCUT2D eigenvalue weighted by molar-refractivity contribution is 6.08. The molecule has 0 aromatic carbocycles. The number of aliphatic hydroxyl groups is 3. The first-order valence-corrected chi connectivity index (χ1v) is 12.0. The van der Waals surface area contributed by atoms with E-state index in [-0.39, 0.29) is 43.1 Å². The number of allylic oxidation sites excluding steroid dienone is 3. The number of carbonyl (C=O) groups is 3. The first kappa shape index (κ1) is 25.1. The van der Waals surface area contributed by atoms with Crippen LogP contribution in [0.3, 0.4) is 0 Å². The maximum atomic E-state index is 15.6. The molecule has 3 saturated carbocycles. The van der Waals surface area contributed by atoms with Crippen LogP contribution in [-0.4, -0.2) is 51.2 Å². The number of hydrogen-bond donors (Lipinski definition) is 3. The molecular weight excluding hydrogens is 450 g/mol. The average molecular weight is 483 g/mol. The Labute approximate surface area is 196 Å². The van der Waals surface area contributed by atoms with E-state index in [0.717, 1.165) is 0 Å². The molecular formula is C25H32F2O7. The van der Waals surface area contributed by atoms with Crippen LogP contribution in [0, 0.1) is 28.6 Å². The summed E-state index contributed by atoms with van der Waals surface area (Å²) in [7, 11) is 0. The summed E-state index contributed by atoms with van der Waals surface area (Å²) in [6.45, 7) is 4.06. The van der Waals surface area contributed by atoms with Crippen molar-refractivity contribution in [3.8, 4) is 0 Å². The lowest BCUT2D eigenvalue weighted by atomic mass is 9.45. The van der Waals surface area contributed by atoms with Crippen LogP contribution in [0.1, 0.15) is 65.7 Å². The number of halogens is 2. The number of esters is 1. The van der Waals surface area contributed by atoms with Crippen LogP contribution in [-0.2, 0) is 19.1 Å². The Morgan fingerprint density at radius 1 is 1.21 bits per heavy atom. The van der Waals surface area contributed by atoms with E-state index in [1.54, 1.807) is 13.8 Å². The zero-order valence-electron chi connectivity index (χ0n) is 19.7. The van der Waals surface area contributed by atoms with Crippen molar-refractivity contribution in [2.75, 3.05) is 6.61 Å². The molecule has 0 aromatic rings. The monoisotopic (exact) mass is 482 g/mol. The minimum absolute atomic E-state index is 0.0150. The molecule has 4 aliphatic rings. The normalized spacial score (nSPS) is 41.7. The standard InChI is InChI=1S/C25H32F2O7/c1-4-5-17(31)34-21-14-7-6-12-13-8-9-25(33,16(30)11-28)23(13,2)10-15(29)18(12)24(14,3)22(27)19(26)20(21)32/h12-13,15,18,28-29,33H,4-11H2,1-3H3/t12-,13-,15-,18+,23-,24-,25-/m0/s1. The van der Waals surface area contributed by atoms with E-state index in [0.29, 0.717) is 19.3 Å². The van der Waals surface area contributed by atoms with E-state index in [2.05, 4.69) is 0 Å². The van der Waals surface area contributed by atoms with Gasteiger partial charge in [-0.1, -0.05) is 13.8 Å². The summed E-state index contributed by atoms with van der Waals surface area (Å²) in [6, 6.07) is 0. The van der Waals surface area contributed by atoms with Crippen molar-refractivity contribution >= 4 is 17.5 Å². The van der Waals surface area contributed by atoms with Crippen molar-refractivity contribution < 1.29 is 43.2 Å². The van der Waals surface area contributed by atoms with Crippen molar-refractivity contribution in [3.63, 3.8) is 0 Å². The number of hydrogen-bond acceptors (Lipinski definition) is 7. The number of ether oxygens (including phenoxy) is 1. The maximum absolute atomic E-state index is 15.6. The lowest BCUT2D eigenvalue weighted by molar-refractivity contribution is -0.180. The summed E-state index contributed by atoms with van der Waals surface area (Å²) >= 11 is 0. The van der Waals surface area contributed by atoms with Gasteiger partial charge < -0.3 is 20.1 Å². The molecule has 0 aliphatic heterocycles. The van der Waals surface area contributed by atoms with Gasteiger partial charge in [-0.15, -0.1) is 0 Å². The summed E-state index contributed by atoms with van der Waals surface area (Å²) in [5, 5.41) is 32.0. The number of aliphatic hydroxyl groups excluding tert-OH is 2. The average Bonchev–Trinajstić information content (AvgIpc) is 3.06. The number of rotatable bonds is 5. The number of carbonyl (C=O) groups excluding carboxylic acids is 3. The van der Waals surface area contributed by atoms with Crippen molar-refractivity contribution in [2.24, 2.45) is 28.6 Å². The molecule has 0 spiro atoms. The summed E-state index contributed by atoms with van der Waals surface area (Å²) in [6.07, 6.45) is 0.234. The Morgan fingerprint density at radius 2 is 1.88 bits per heavy atom. The van der Waals surface area contributed by atoms with Gasteiger partial charge >= 0.3 is 5.97 Å². The van der Waals surface area contributed by atoms with Crippen LogP contribution in [0.5, 0.6) is 0 Å². The van der Waals surface area contributed by atoms with E-state index < -0.39 is 70.0 Å². The third-order valence-corrected chi connectivity index (χ3v) is 9.23. The Hall–Kier alpha value is -1.97. The molecule has 4 rings (SSSR count). The molecule has 0 amide bonds. The minimum atomic E-state index is -1.82. The molecule has 0 saturated heterocycles. The molecule has 188 valence electrons. The first-order chi connectivity index (χ1) is 15.9. The molecule has 7 nitrogen and oxygen atoms in total. The van der Waals surface area contributed by atoms with Gasteiger partial charge in [0.1, 0.15) is 12.2 Å². The number of ketones is 2. The Balaban J connectivity index is 1.80. The van der Waals surface area contributed by atoms with Crippen LogP contribution < -0.4 is 0 Å². The van der Waals surface area contributed by atoms with Gasteiger partial charge in [-0.05, 0) is 62.9 Å². The minimum Gasteiger partial charge on any atom is -0.422 e. The van der Waals surface area contributed by atoms with E-state index >= 15 is 4.39 Å². The van der Waals surface area contributed by atoms with Crippen LogP contribution >= 0.6 is 0 Å². The predicted octanol–water partition coefficient (Wildman–Crippen LogP) is 2.82. The van der Waals surface area contributed by atoms with Crippen molar-refractivity contribution in [1.82, 2.24) is 0 Å². The third kappa shape index (κ3) is 3.12. The second kappa shape index (κ2) is 8.31. The second-order valence-electron chi connectivity index (χ2n) is 10.7. The fourth-order valence-electron chi connectivity index (χ4n) is 7.60. The zero-order chi connectivity index (χ0) is 25.2. The molecule has 0 aromatic heterocycles. The molecule has 3 fully saturated rings. The smallest absolute Gasteiger partial charge is 0.311 e. The Bertz CT molecular complexity index is 1000. The number of Topliss-reactive ketones (excluding diaryl/α,β-unsaturated/α-hetero) is 2. The van der Waals surface area contributed by atoms with Gasteiger partial charge in [0, 0.05) is 17.8 Å². The summed E-state index contributed by atoms with van der Waals surface area (Å²) in [5.41, 5.74) is -4.40. The van der Waals surface area contributed by atoms with Crippen LogP contribution in [0.15, 0.2) is 23.0 Å². The molecule has 9 heteroatoms. The first-order valence-electron chi connectivity index (χ1n) is 12.0. The lowest BCUT2D eigenvalue weighted by Gasteiger charge is -2.59. The van der Waals surface area contributed by atoms with E-state index in [9.17, 15) is 34.1 Å². The van der Waals surface area contributed by atoms with Gasteiger partial charge in [0.15, 0.2) is 17.4 Å². The van der Waals surface area contributed by atoms with Crippen LogP contribution in [0.4, 0.5) is 8.78 Å². The maximum Gasteiger partial charge on any atom is 0.311 e. The fourth-order valence-corrected chi connectivity index (χ4v) is 7.60. The summed E-state index contributed by atoms with van der Waals surface area (Å²) < 4.78 is 35.8. The Morgan fingerprint density at radius 3 is 2.50 bits per heavy atom. The van der Waals surface area contributed by atoms with E-state index in [4.69, 9.17) is 4.74 Å². The van der Waals surface area contributed by atoms with Crippen LogP contribution in [0.25, 0.3) is 0 Å². The molecule has 34 heavy (non-hydrogen) atoms. The lowest BCUT2D eigenvalue weighted by Crippen LogP contribution is -2.62. The molecule has 0 radical (unpaired) electrons. The topological polar surface area (TPSA) is 121 Å². The zero-order valence-corrected chi connectivity index (χ0v) is 19.7. The largest absolute Gasteiger partial charge is 0.422 e. The Kier molecular flexibility index (Phi) is 6.14. The van der Waals surface area contributed by atoms with E-state index in [1.165, 1.54) is 6.92 Å². The van der Waals surface area contributed by atoms with Crippen molar-refractivity contribution in [1.29, 1.82) is 0 Å². The third-order valence-electron chi connectivity index (χ3n) is 9.23. The van der Waals surface area contributed by atoms with Crippen molar-refractivity contribution in [2.45, 2.75) is 77.4 Å². The van der Waals surface area contributed by atoms with Gasteiger partial charge in [0.05, 0.1) is 11.5 Å². The van der Waals surface area contributed by atoms with Gasteiger partial charge in [-0.2, -0.15) is 4.39 Å². The van der Waals surface area contributed by atoms with Gasteiger partial charge in [0.25, 0.3) is 5.78 Å².